The van der Waals surface area contributed by atoms with E-state index in [4.69, 9.17) is 5.53 Å². The molecule has 0 aliphatic carbocycles. The summed E-state index contributed by atoms with van der Waals surface area (Å²) in [6.45, 7) is 6.12. The van der Waals surface area contributed by atoms with Gasteiger partial charge in [-0.3, -0.25) is 5.01 Å². The van der Waals surface area contributed by atoms with Crippen molar-refractivity contribution in [1.82, 2.24) is 5.01 Å². The third-order valence-electron chi connectivity index (χ3n) is 1.41. The lowest BCUT2D eigenvalue weighted by atomic mass is 10.1. The van der Waals surface area contributed by atoms with Crippen LogP contribution in [0.4, 0.5) is 0 Å². The average Bonchev–Trinajstić information content (AvgIpc) is 1.88. The Kier molecular flexibility index (Phi) is 3.69. The van der Waals surface area contributed by atoms with E-state index in [1.54, 1.807) is 12.1 Å². The predicted octanol–water partition coefficient (Wildman–Crippen LogP) is 2.42. The van der Waals surface area contributed by atoms with Crippen molar-refractivity contribution in [3.63, 3.8) is 0 Å². The van der Waals surface area contributed by atoms with Crippen LogP contribution in [0.25, 0.3) is 0 Å². The summed E-state index contributed by atoms with van der Waals surface area (Å²) in [5, 5.41) is 4.87. The molecule has 1 N–H and O–H groups in total. The second kappa shape index (κ2) is 4.04. The minimum absolute atomic E-state index is 0.434. The fraction of sp³-hybridized carbons (Fsp3) is 0.714. The van der Waals surface area contributed by atoms with Crippen LogP contribution in [0.15, 0.2) is 17.0 Å². The van der Waals surface area contributed by atoms with Crippen molar-refractivity contribution in [1.29, 1.82) is 5.53 Å². The number of rotatable bonds is 3. The summed E-state index contributed by atoms with van der Waals surface area (Å²) in [5.74, 6) is 0.434. The zero-order chi connectivity index (χ0) is 8.15. The first kappa shape index (κ1) is 9.14. The Hall–Kier alpha value is -0.860. The molecule has 0 saturated carbocycles. The molecule has 0 heterocycles. The Balaban J connectivity index is 4.22. The molecule has 0 unspecified atom stereocenters. The molecule has 3 heteroatoms. The molecular formula is C7H15N3. The average molecular weight is 141 g/mol. The lowest BCUT2D eigenvalue weighted by Crippen LogP contribution is -2.13. The molecule has 0 aliphatic rings. The normalized spacial score (nSPS) is 11.9. The van der Waals surface area contributed by atoms with Crippen LogP contribution in [0.1, 0.15) is 20.8 Å². The fourth-order valence-corrected chi connectivity index (χ4v) is 0.952. The molecule has 0 atom stereocenters. The van der Waals surface area contributed by atoms with Crippen molar-refractivity contribution in [3.8, 4) is 0 Å². The zero-order valence-corrected chi connectivity index (χ0v) is 7.05. The Morgan fingerprint density at radius 1 is 1.60 bits per heavy atom. The number of nitrogens with zero attached hydrogens (tertiary/aromatic N) is 2. The van der Waals surface area contributed by atoms with Crippen molar-refractivity contribution >= 4 is 0 Å². The van der Waals surface area contributed by atoms with E-state index < -0.39 is 0 Å². The summed E-state index contributed by atoms with van der Waals surface area (Å²) >= 11 is 0. The number of hydrogen-bond acceptors (Lipinski definition) is 2. The van der Waals surface area contributed by atoms with Crippen LogP contribution in [0.3, 0.4) is 0 Å². The quantitative estimate of drug-likeness (QED) is 0.476. The van der Waals surface area contributed by atoms with Crippen LogP contribution >= 0.6 is 0 Å². The lowest BCUT2D eigenvalue weighted by Gasteiger charge is -2.17. The van der Waals surface area contributed by atoms with Crippen LogP contribution < -0.4 is 0 Å². The largest absolute Gasteiger partial charge is 0.255 e. The SMILES string of the molecule is C/C=C(/C(C)C)N(C)N=N. The summed E-state index contributed by atoms with van der Waals surface area (Å²) in [7, 11) is 1.78. The molecule has 0 bridgehead atoms. The van der Waals surface area contributed by atoms with Gasteiger partial charge in [0.05, 0.1) is 0 Å². The second-order valence-electron chi connectivity index (χ2n) is 2.49. The van der Waals surface area contributed by atoms with Crippen molar-refractivity contribution < 1.29 is 0 Å². The highest BCUT2D eigenvalue weighted by Crippen LogP contribution is 2.12. The molecule has 0 amide bonds. The van der Waals surface area contributed by atoms with Crippen LogP contribution in [-0.2, 0) is 0 Å². The van der Waals surface area contributed by atoms with Gasteiger partial charge in [-0.15, -0.1) is 0 Å². The van der Waals surface area contributed by atoms with Gasteiger partial charge in [0.25, 0.3) is 0 Å². The molecular weight excluding hydrogens is 126 g/mol. The number of allylic oxidation sites excluding steroid dienone is 2. The zero-order valence-electron chi connectivity index (χ0n) is 7.05. The van der Waals surface area contributed by atoms with E-state index in [2.05, 4.69) is 19.1 Å². The van der Waals surface area contributed by atoms with Gasteiger partial charge in [-0.05, 0) is 12.8 Å². The van der Waals surface area contributed by atoms with Crippen molar-refractivity contribution in [2.24, 2.45) is 11.1 Å². The van der Waals surface area contributed by atoms with Crippen LogP contribution in [-0.4, -0.2) is 12.1 Å². The summed E-state index contributed by atoms with van der Waals surface area (Å²) in [6.07, 6.45) is 1.97. The summed E-state index contributed by atoms with van der Waals surface area (Å²) in [6, 6.07) is 0. The highest BCUT2D eigenvalue weighted by Gasteiger charge is 2.05. The first-order valence-corrected chi connectivity index (χ1v) is 3.40. The summed E-state index contributed by atoms with van der Waals surface area (Å²) in [5.41, 5.74) is 7.82. The van der Waals surface area contributed by atoms with Crippen molar-refractivity contribution in [3.05, 3.63) is 11.8 Å². The van der Waals surface area contributed by atoms with Gasteiger partial charge in [0.1, 0.15) is 0 Å². The van der Waals surface area contributed by atoms with Crippen LogP contribution in [0, 0.1) is 11.4 Å². The van der Waals surface area contributed by atoms with Gasteiger partial charge in [-0.1, -0.05) is 25.1 Å². The molecule has 58 valence electrons. The van der Waals surface area contributed by atoms with Gasteiger partial charge in [0.15, 0.2) is 0 Å². The number of nitrogens with one attached hydrogen (secondary N) is 1. The van der Waals surface area contributed by atoms with E-state index in [1.165, 1.54) is 0 Å². The van der Waals surface area contributed by atoms with Crippen molar-refractivity contribution in [2.75, 3.05) is 7.05 Å². The Labute approximate surface area is 62.2 Å². The van der Waals surface area contributed by atoms with E-state index in [9.17, 15) is 0 Å². The van der Waals surface area contributed by atoms with E-state index in [0.717, 1.165) is 5.70 Å². The third-order valence-corrected chi connectivity index (χ3v) is 1.41. The molecule has 0 aromatic rings. The molecule has 0 fully saturated rings. The van der Waals surface area contributed by atoms with E-state index >= 15 is 0 Å². The highest BCUT2D eigenvalue weighted by molar-refractivity contribution is 4.99. The van der Waals surface area contributed by atoms with E-state index in [0.29, 0.717) is 5.92 Å². The van der Waals surface area contributed by atoms with E-state index in [-0.39, 0.29) is 0 Å². The van der Waals surface area contributed by atoms with Crippen molar-refractivity contribution in [2.45, 2.75) is 20.8 Å². The topological polar surface area (TPSA) is 39.5 Å². The number of hydrogen-bond donors (Lipinski definition) is 1. The fourth-order valence-electron chi connectivity index (χ4n) is 0.952. The van der Waals surface area contributed by atoms with Gasteiger partial charge >= 0.3 is 0 Å². The van der Waals surface area contributed by atoms with E-state index in [1.807, 2.05) is 13.0 Å². The Morgan fingerprint density at radius 2 is 2.10 bits per heavy atom. The van der Waals surface area contributed by atoms with Gasteiger partial charge < -0.3 is 0 Å². The molecule has 0 spiro atoms. The first-order chi connectivity index (χ1) is 4.63. The predicted molar refractivity (Wildman–Crippen MR) is 41.5 cm³/mol. The maximum absolute atomic E-state index is 6.75. The Bertz CT molecular complexity index is 138. The van der Waals surface area contributed by atoms with Gasteiger partial charge in [0.2, 0.25) is 0 Å². The molecule has 10 heavy (non-hydrogen) atoms. The maximum Gasteiger partial charge on any atom is 0.0364 e. The standard InChI is InChI=1S/C7H15N3/c1-5-7(6(2)3)10(4)9-8/h5-6,8H,1-4H3/b7-5-,9-8?. The monoisotopic (exact) mass is 141 g/mol. The molecule has 0 aromatic heterocycles. The lowest BCUT2D eigenvalue weighted by molar-refractivity contribution is 0.360. The Morgan fingerprint density at radius 3 is 2.20 bits per heavy atom. The molecule has 3 nitrogen and oxygen atoms in total. The molecule has 0 aromatic carbocycles. The molecule has 0 radical (unpaired) electrons. The van der Waals surface area contributed by atoms with Crippen LogP contribution in [0.2, 0.25) is 0 Å². The highest BCUT2D eigenvalue weighted by atomic mass is 15.5. The summed E-state index contributed by atoms with van der Waals surface area (Å²) < 4.78 is 0. The molecule has 0 saturated heterocycles. The molecule has 0 aliphatic heterocycles. The van der Waals surface area contributed by atoms with Gasteiger partial charge in [0, 0.05) is 12.7 Å². The van der Waals surface area contributed by atoms with Gasteiger partial charge in [-0.2, -0.15) is 5.53 Å². The summed E-state index contributed by atoms with van der Waals surface area (Å²) in [4.78, 5) is 0. The third kappa shape index (κ3) is 2.17. The smallest absolute Gasteiger partial charge is 0.0364 e. The minimum atomic E-state index is 0.434. The second-order valence-corrected chi connectivity index (χ2v) is 2.49. The first-order valence-electron chi connectivity index (χ1n) is 3.40. The van der Waals surface area contributed by atoms with Crippen LogP contribution in [0.5, 0.6) is 0 Å². The molecule has 0 rings (SSSR count). The minimum Gasteiger partial charge on any atom is -0.255 e. The maximum atomic E-state index is 6.75. The van der Waals surface area contributed by atoms with Gasteiger partial charge in [-0.25, -0.2) is 0 Å².